The van der Waals surface area contributed by atoms with E-state index >= 15 is 0 Å². The number of hydrogen-bond acceptors (Lipinski definition) is 1. The van der Waals surface area contributed by atoms with Crippen LogP contribution < -0.4 is 0 Å². The molecule has 1 N–H and O–H groups in total. The molecule has 0 saturated heterocycles. The molecule has 14 heavy (non-hydrogen) atoms. The Morgan fingerprint density at radius 2 is 1.93 bits per heavy atom. The number of nitrogens with one attached hydrogen (secondary N) is 1. The third kappa shape index (κ3) is 2.10. The molecule has 0 fully saturated rings. The molecule has 2 rings (SSSR count). The number of rotatable bonds is 2. The van der Waals surface area contributed by atoms with E-state index in [2.05, 4.69) is 29.0 Å². The topological polar surface area (TPSA) is 28.1 Å². The van der Waals surface area contributed by atoms with Crippen molar-refractivity contribution in [3.05, 3.63) is 53.9 Å². The zero-order chi connectivity index (χ0) is 9.80. The third-order valence-corrected chi connectivity index (χ3v) is 2.01. The fourth-order valence-electron chi connectivity index (χ4n) is 1.20. The van der Waals surface area contributed by atoms with Gasteiger partial charge in [0.1, 0.15) is 0 Å². The van der Waals surface area contributed by atoms with Crippen LogP contribution in [0.25, 0.3) is 0 Å². The van der Waals surface area contributed by atoms with Gasteiger partial charge in [0.05, 0.1) is 17.6 Å². The highest BCUT2D eigenvalue weighted by molar-refractivity contribution is 5.79. The van der Waals surface area contributed by atoms with Crippen molar-refractivity contribution < 1.29 is 0 Å². The molecule has 1 aromatic heterocycles. The number of hydrogen-bond donors (Lipinski definition) is 1. The second-order valence-electron chi connectivity index (χ2n) is 3.22. The molecular formula is C12H12N2. The molecule has 0 aliphatic heterocycles. The Hall–Kier alpha value is -1.83. The van der Waals surface area contributed by atoms with E-state index in [-0.39, 0.29) is 0 Å². The van der Waals surface area contributed by atoms with Crippen molar-refractivity contribution in [2.24, 2.45) is 4.99 Å². The third-order valence-electron chi connectivity index (χ3n) is 2.01. The van der Waals surface area contributed by atoms with Gasteiger partial charge in [-0.2, -0.15) is 0 Å². The molecule has 0 atom stereocenters. The van der Waals surface area contributed by atoms with E-state index in [1.807, 2.05) is 36.7 Å². The maximum absolute atomic E-state index is 4.33. The lowest BCUT2D eigenvalue weighted by Crippen LogP contribution is -1.77. The average molecular weight is 184 g/mol. The predicted molar refractivity (Wildman–Crippen MR) is 59.2 cm³/mol. The summed E-state index contributed by atoms with van der Waals surface area (Å²) in [6, 6.07) is 12.1. The Morgan fingerprint density at radius 1 is 1.14 bits per heavy atom. The van der Waals surface area contributed by atoms with Crippen LogP contribution in [-0.2, 0) is 0 Å². The first kappa shape index (κ1) is 8.75. The molecule has 1 heterocycles. The largest absolute Gasteiger partial charge is 0.360 e. The number of aliphatic imine (C=N–C) groups is 1. The van der Waals surface area contributed by atoms with Crippen LogP contribution in [0.1, 0.15) is 11.3 Å². The molecule has 0 spiro atoms. The van der Waals surface area contributed by atoms with Gasteiger partial charge in [0.2, 0.25) is 0 Å². The van der Waals surface area contributed by atoms with Crippen molar-refractivity contribution in [2.45, 2.75) is 6.92 Å². The zero-order valence-corrected chi connectivity index (χ0v) is 8.07. The average Bonchev–Trinajstić information content (AvgIpc) is 2.70. The van der Waals surface area contributed by atoms with E-state index in [1.54, 1.807) is 0 Å². The van der Waals surface area contributed by atoms with Crippen molar-refractivity contribution in [3.63, 3.8) is 0 Å². The number of H-pyrrole nitrogens is 1. The molecule has 2 nitrogen and oxygen atoms in total. The SMILES string of the molecule is Cc1ccc(N=Cc2ccc[nH]2)cc1. The Labute approximate surface area is 83.3 Å². The summed E-state index contributed by atoms with van der Waals surface area (Å²) in [7, 11) is 0. The van der Waals surface area contributed by atoms with Crippen LogP contribution in [-0.4, -0.2) is 11.2 Å². The molecule has 0 amide bonds. The Bertz CT molecular complexity index is 410. The number of aryl methyl sites for hydroxylation is 1. The van der Waals surface area contributed by atoms with Crippen molar-refractivity contribution in [2.75, 3.05) is 0 Å². The highest BCUT2D eigenvalue weighted by atomic mass is 14.8. The van der Waals surface area contributed by atoms with E-state index in [4.69, 9.17) is 0 Å². The predicted octanol–water partition coefficient (Wildman–Crippen LogP) is 3.07. The maximum Gasteiger partial charge on any atom is 0.0630 e. The lowest BCUT2D eigenvalue weighted by molar-refractivity contribution is 1.37. The number of aromatic nitrogens is 1. The molecule has 1 aromatic carbocycles. The summed E-state index contributed by atoms with van der Waals surface area (Å²) in [6.45, 7) is 2.07. The number of aromatic amines is 1. The monoisotopic (exact) mass is 184 g/mol. The fraction of sp³-hybridized carbons (Fsp3) is 0.0833. The van der Waals surface area contributed by atoms with Crippen molar-refractivity contribution >= 4 is 11.9 Å². The van der Waals surface area contributed by atoms with Crippen LogP contribution in [0, 0.1) is 6.92 Å². The Kier molecular flexibility index (Phi) is 2.45. The lowest BCUT2D eigenvalue weighted by Gasteiger charge is -1.93. The highest BCUT2D eigenvalue weighted by Crippen LogP contribution is 2.11. The fourth-order valence-corrected chi connectivity index (χ4v) is 1.20. The summed E-state index contributed by atoms with van der Waals surface area (Å²) in [4.78, 5) is 7.40. The van der Waals surface area contributed by atoms with Crippen LogP contribution in [0.5, 0.6) is 0 Å². The van der Waals surface area contributed by atoms with Gasteiger partial charge in [0, 0.05) is 6.20 Å². The second-order valence-corrected chi connectivity index (χ2v) is 3.22. The van der Waals surface area contributed by atoms with Crippen LogP contribution in [0.4, 0.5) is 5.69 Å². The van der Waals surface area contributed by atoms with Gasteiger partial charge in [-0.25, -0.2) is 0 Å². The van der Waals surface area contributed by atoms with E-state index in [9.17, 15) is 0 Å². The lowest BCUT2D eigenvalue weighted by atomic mass is 10.2. The zero-order valence-electron chi connectivity index (χ0n) is 8.07. The Morgan fingerprint density at radius 3 is 2.57 bits per heavy atom. The van der Waals surface area contributed by atoms with Gasteiger partial charge in [-0.15, -0.1) is 0 Å². The van der Waals surface area contributed by atoms with Gasteiger partial charge in [0.15, 0.2) is 0 Å². The minimum Gasteiger partial charge on any atom is -0.360 e. The van der Waals surface area contributed by atoms with Crippen molar-refractivity contribution in [1.29, 1.82) is 0 Å². The van der Waals surface area contributed by atoms with E-state index in [0.29, 0.717) is 0 Å². The standard InChI is InChI=1S/C12H12N2/c1-10-4-6-11(7-5-10)14-9-12-3-2-8-13-12/h2-9,13H,1H3. The summed E-state index contributed by atoms with van der Waals surface area (Å²) < 4.78 is 0. The summed E-state index contributed by atoms with van der Waals surface area (Å²) in [5.41, 5.74) is 3.25. The molecule has 0 saturated carbocycles. The van der Waals surface area contributed by atoms with Crippen LogP contribution >= 0.6 is 0 Å². The summed E-state index contributed by atoms with van der Waals surface area (Å²) in [6.07, 6.45) is 3.71. The van der Waals surface area contributed by atoms with Gasteiger partial charge in [0.25, 0.3) is 0 Å². The van der Waals surface area contributed by atoms with Crippen molar-refractivity contribution in [1.82, 2.24) is 4.98 Å². The normalized spacial score (nSPS) is 10.9. The first-order chi connectivity index (χ1) is 6.84. The molecular weight excluding hydrogens is 172 g/mol. The first-order valence-electron chi connectivity index (χ1n) is 4.59. The molecule has 2 heteroatoms. The summed E-state index contributed by atoms with van der Waals surface area (Å²) in [5.74, 6) is 0. The molecule has 0 aliphatic rings. The van der Waals surface area contributed by atoms with Crippen LogP contribution in [0.3, 0.4) is 0 Å². The van der Waals surface area contributed by atoms with E-state index < -0.39 is 0 Å². The summed E-state index contributed by atoms with van der Waals surface area (Å²) >= 11 is 0. The molecule has 0 bridgehead atoms. The van der Waals surface area contributed by atoms with Crippen molar-refractivity contribution in [3.8, 4) is 0 Å². The van der Waals surface area contributed by atoms with E-state index in [1.165, 1.54) is 5.56 Å². The molecule has 0 radical (unpaired) electrons. The molecule has 70 valence electrons. The van der Waals surface area contributed by atoms with Gasteiger partial charge >= 0.3 is 0 Å². The molecule has 2 aromatic rings. The van der Waals surface area contributed by atoms with E-state index in [0.717, 1.165) is 11.4 Å². The minimum absolute atomic E-state index is 0.977. The highest BCUT2D eigenvalue weighted by Gasteiger charge is 1.88. The van der Waals surface area contributed by atoms with Gasteiger partial charge in [-0.3, -0.25) is 4.99 Å². The number of benzene rings is 1. The van der Waals surface area contributed by atoms with Gasteiger partial charge < -0.3 is 4.98 Å². The first-order valence-corrected chi connectivity index (χ1v) is 4.59. The quantitative estimate of drug-likeness (QED) is 0.695. The van der Waals surface area contributed by atoms with Crippen LogP contribution in [0.2, 0.25) is 0 Å². The Balaban J connectivity index is 2.15. The van der Waals surface area contributed by atoms with Gasteiger partial charge in [-0.05, 0) is 31.2 Å². The summed E-state index contributed by atoms with van der Waals surface area (Å²) in [5, 5.41) is 0. The van der Waals surface area contributed by atoms with Gasteiger partial charge in [-0.1, -0.05) is 17.7 Å². The second kappa shape index (κ2) is 3.92. The maximum atomic E-state index is 4.33. The minimum atomic E-state index is 0.977. The molecule has 0 unspecified atom stereocenters. The number of nitrogens with zero attached hydrogens (tertiary/aromatic N) is 1. The molecule has 0 aliphatic carbocycles. The van der Waals surface area contributed by atoms with Crippen LogP contribution in [0.15, 0.2) is 47.6 Å². The smallest absolute Gasteiger partial charge is 0.0630 e.